The number of nitro groups is 1. The summed E-state index contributed by atoms with van der Waals surface area (Å²) in [5.41, 5.74) is 0.231. The smallest absolute Gasteiger partial charge is 0.274 e. The van der Waals surface area contributed by atoms with Crippen LogP contribution in [0.1, 0.15) is 19.8 Å². The molecule has 0 spiro atoms. The molecule has 1 aliphatic heterocycles. The largest absolute Gasteiger partial charge is 0.381 e. The van der Waals surface area contributed by atoms with E-state index >= 15 is 0 Å². The van der Waals surface area contributed by atoms with Crippen LogP contribution in [0.15, 0.2) is 18.3 Å². The first-order valence-electron chi connectivity index (χ1n) is 6.01. The number of ether oxygens (including phenoxy) is 1. The van der Waals surface area contributed by atoms with E-state index in [0.717, 1.165) is 32.6 Å². The second kappa shape index (κ2) is 5.30. The third-order valence-electron chi connectivity index (χ3n) is 3.35. The number of aromatic nitrogens is 1. The Bertz CT molecular complexity index is 430. The lowest BCUT2D eigenvalue weighted by Gasteiger charge is -2.33. The predicted octanol–water partition coefficient (Wildman–Crippen LogP) is 2.22. The Labute approximate surface area is 106 Å². The van der Waals surface area contributed by atoms with Gasteiger partial charge < -0.3 is 10.1 Å². The number of pyridine rings is 1. The van der Waals surface area contributed by atoms with Gasteiger partial charge in [0.2, 0.25) is 0 Å². The molecule has 6 heteroatoms. The molecular weight excluding hydrogens is 234 g/mol. The minimum atomic E-state index is -0.414. The summed E-state index contributed by atoms with van der Waals surface area (Å²) >= 11 is 0. The monoisotopic (exact) mass is 251 g/mol. The SMILES string of the molecule is CC1(CNc2cc([N+](=O)[O-])ccn2)CCOCC1. The summed E-state index contributed by atoms with van der Waals surface area (Å²) in [7, 11) is 0. The Morgan fingerprint density at radius 3 is 2.94 bits per heavy atom. The summed E-state index contributed by atoms with van der Waals surface area (Å²) in [6.07, 6.45) is 3.44. The van der Waals surface area contributed by atoms with E-state index in [4.69, 9.17) is 4.74 Å². The summed E-state index contributed by atoms with van der Waals surface area (Å²) in [5, 5.41) is 13.8. The second-order valence-electron chi connectivity index (χ2n) is 4.93. The molecule has 0 atom stereocenters. The van der Waals surface area contributed by atoms with Crippen LogP contribution in [0.3, 0.4) is 0 Å². The van der Waals surface area contributed by atoms with Crippen molar-refractivity contribution in [3.8, 4) is 0 Å². The van der Waals surface area contributed by atoms with Crippen molar-refractivity contribution >= 4 is 11.5 Å². The van der Waals surface area contributed by atoms with Crippen LogP contribution in [0.4, 0.5) is 11.5 Å². The van der Waals surface area contributed by atoms with Crippen LogP contribution in [0.25, 0.3) is 0 Å². The molecule has 1 aromatic heterocycles. The third kappa shape index (κ3) is 3.16. The van der Waals surface area contributed by atoms with Crippen LogP contribution >= 0.6 is 0 Å². The molecule has 0 unspecified atom stereocenters. The van der Waals surface area contributed by atoms with Gasteiger partial charge in [-0.1, -0.05) is 6.92 Å². The van der Waals surface area contributed by atoms with E-state index in [9.17, 15) is 10.1 Å². The molecule has 6 nitrogen and oxygen atoms in total. The van der Waals surface area contributed by atoms with Gasteiger partial charge in [0, 0.05) is 32.0 Å². The van der Waals surface area contributed by atoms with Gasteiger partial charge in [-0.25, -0.2) is 4.98 Å². The maximum atomic E-state index is 10.7. The Kier molecular flexibility index (Phi) is 3.76. The van der Waals surface area contributed by atoms with E-state index in [-0.39, 0.29) is 11.1 Å². The molecule has 98 valence electrons. The summed E-state index contributed by atoms with van der Waals surface area (Å²) in [6, 6.07) is 2.85. The van der Waals surface area contributed by atoms with Crippen molar-refractivity contribution in [2.45, 2.75) is 19.8 Å². The van der Waals surface area contributed by atoms with Gasteiger partial charge in [0.25, 0.3) is 5.69 Å². The molecule has 1 aliphatic rings. The average molecular weight is 251 g/mol. The van der Waals surface area contributed by atoms with Crippen molar-refractivity contribution in [1.29, 1.82) is 0 Å². The van der Waals surface area contributed by atoms with Gasteiger partial charge in [-0.15, -0.1) is 0 Å². The average Bonchev–Trinajstić information content (AvgIpc) is 2.38. The van der Waals surface area contributed by atoms with Gasteiger partial charge in [0.1, 0.15) is 5.82 Å². The zero-order chi connectivity index (χ0) is 13.0. The number of nitrogens with zero attached hydrogens (tertiary/aromatic N) is 2. The normalized spacial score (nSPS) is 18.3. The van der Waals surface area contributed by atoms with Crippen LogP contribution in [0, 0.1) is 15.5 Å². The highest BCUT2D eigenvalue weighted by Crippen LogP contribution is 2.29. The number of hydrogen-bond acceptors (Lipinski definition) is 5. The first-order valence-corrected chi connectivity index (χ1v) is 6.01. The molecule has 2 rings (SSSR count). The first kappa shape index (κ1) is 12.8. The number of anilines is 1. The molecule has 1 N–H and O–H groups in total. The van der Waals surface area contributed by atoms with Crippen LogP contribution in [0.2, 0.25) is 0 Å². The molecule has 1 aromatic rings. The maximum Gasteiger partial charge on any atom is 0.274 e. The van der Waals surface area contributed by atoms with Crippen molar-refractivity contribution in [1.82, 2.24) is 4.98 Å². The van der Waals surface area contributed by atoms with Gasteiger partial charge in [0.05, 0.1) is 11.0 Å². The van der Waals surface area contributed by atoms with Gasteiger partial charge in [-0.2, -0.15) is 0 Å². The van der Waals surface area contributed by atoms with Crippen LogP contribution < -0.4 is 5.32 Å². The topological polar surface area (TPSA) is 77.3 Å². The van der Waals surface area contributed by atoms with Gasteiger partial charge in [-0.3, -0.25) is 10.1 Å². The highest BCUT2D eigenvalue weighted by molar-refractivity contribution is 5.44. The highest BCUT2D eigenvalue weighted by atomic mass is 16.6. The fraction of sp³-hybridized carbons (Fsp3) is 0.583. The van der Waals surface area contributed by atoms with Crippen LogP contribution in [-0.4, -0.2) is 29.7 Å². The Balaban J connectivity index is 1.97. The van der Waals surface area contributed by atoms with Crippen molar-refractivity contribution in [2.75, 3.05) is 25.1 Å². The predicted molar refractivity (Wildman–Crippen MR) is 67.5 cm³/mol. The van der Waals surface area contributed by atoms with E-state index in [1.165, 1.54) is 18.3 Å². The lowest BCUT2D eigenvalue weighted by atomic mass is 9.82. The molecular formula is C12H17N3O3. The van der Waals surface area contributed by atoms with Crippen molar-refractivity contribution in [2.24, 2.45) is 5.41 Å². The van der Waals surface area contributed by atoms with Crippen LogP contribution in [0.5, 0.6) is 0 Å². The minimum absolute atomic E-state index is 0.0598. The quantitative estimate of drug-likeness (QED) is 0.655. The molecule has 18 heavy (non-hydrogen) atoms. The van der Waals surface area contributed by atoms with Gasteiger partial charge >= 0.3 is 0 Å². The fourth-order valence-corrected chi connectivity index (χ4v) is 1.97. The zero-order valence-electron chi connectivity index (χ0n) is 10.4. The van der Waals surface area contributed by atoms with E-state index in [0.29, 0.717) is 5.82 Å². The Morgan fingerprint density at radius 1 is 1.56 bits per heavy atom. The number of rotatable bonds is 4. The van der Waals surface area contributed by atoms with E-state index in [1.54, 1.807) is 0 Å². The molecule has 0 bridgehead atoms. The standard InChI is InChI=1S/C12H17N3O3/c1-12(3-6-18-7-4-12)9-14-11-8-10(15(16)17)2-5-13-11/h2,5,8H,3-4,6-7,9H2,1H3,(H,13,14). The molecule has 0 aromatic carbocycles. The summed E-state index contributed by atoms with van der Waals surface area (Å²) < 4.78 is 5.33. The minimum Gasteiger partial charge on any atom is -0.381 e. The molecule has 0 radical (unpaired) electrons. The second-order valence-corrected chi connectivity index (χ2v) is 4.93. The number of hydrogen-bond donors (Lipinski definition) is 1. The molecule has 1 saturated heterocycles. The summed E-state index contributed by atoms with van der Waals surface area (Å²) in [4.78, 5) is 14.3. The highest BCUT2D eigenvalue weighted by Gasteiger charge is 2.27. The van der Waals surface area contributed by atoms with E-state index < -0.39 is 4.92 Å². The maximum absolute atomic E-state index is 10.7. The molecule has 0 amide bonds. The zero-order valence-corrected chi connectivity index (χ0v) is 10.4. The molecule has 1 fully saturated rings. The Morgan fingerprint density at radius 2 is 2.28 bits per heavy atom. The summed E-state index contributed by atoms with van der Waals surface area (Å²) in [5.74, 6) is 0.553. The third-order valence-corrected chi connectivity index (χ3v) is 3.35. The summed E-state index contributed by atoms with van der Waals surface area (Å²) in [6.45, 7) is 4.51. The molecule has 0 aliphatic carbocycles. The van der Waals surface area contributed by atoms with Crippen molar-refractivity contribution < 1.29 is 9.66 Å². The molecule has 0 saturated carbocycles. The fourth-order valence-electron chi connectivity index (χ4n) is 1.97. The lowest BCUT2D eigenvalue weighted by molar-refractivity contribution is -0.384. The lowest BCUT2D eigenvalue weighted by Crippen LogP contribution is -2.33. The van der Waals surface area contributed by atoms with Crippen molar-refractivity contribution in [3.63, 3.8) is 0 Å². The van der Waals surface area contributed by atoms with E-state index in [1.807, 2.05) is 0 Å². The van der Waals surface area contributed by atoms with Crippen molar-refractivity contribution in [3.05, 3.63) is 28.4 Å². The van der Waals surface area contributed by atoms with Crippen LogP contribution in [-0.2, 0) is 4.74 Å². The Hall–Kier alpha value is -1.69. The van der Waals surface area contributed by atoms with Gasteiger partial charge in [0.15, 0.2) is 0 Å². The van der Waals surface area contributed by atoms with Gasteiger partial charge in [-0.05, 0) is 18.3 Å². The van der Waals surface area contributed by atoms with E-state index in [2.05, 4.69) is 17.2 Å². The molecule has 2 heterocycles. The number of nitrogens with one attached hydrogen (secondary N) is 1. The first-order chi connectivity index (χ1) is 8.59.